The van der Waals surface area contributed by atoms with E-state index in [9.17, 15) is 9.90 Å². The smallest absolute Gasteiger partial charge is 0.222 e. The molecule has 1 aliphatic heterocycles. The van der Waals surface area contributed by atoms with E-state index in [1.807, 2.05) is 29.4 Å². The molecular formula is C17H21N3O2. The van der Waals surface area contributed by atoms with Crippen LogP contribution in [0.2, 0.25) is 0 Å². The number of piperidine rings is 1. The van der Waals surface area contributed by atoms with Crippen molar-refractivity contribution < 1.29 is 9.90 Å². The van der Waals surface area contributed by atoms with Crippen molar-refractivity contribution in [3.05, 3.63) is 47.8 Å². The van der Waals surface area contributed by atoms with E-state index in [0.717, 1.165) is 31.5 Å². The molecule has 1 amide bonds. The average molecular weight is 299 g/mol. The molecule has 1 atom stereocenters. The van der Waals surface area contributed by atoms with Gasteiger partial charge in [-0.15, -0.1) is 0 Å². The van der Waals surface area contributed by atoms with Crippen LogP contribution < -0.4 is 0 Å². The Balaban J connectivity index is 1.54. The summed E-state index contributed by atoms with van der Waals surface area (Å²) in [4.78, 5) is 14.4. The summed E-state index contributed by atoms with van der Waals surface area (Å²) in [5.41, 5.74) is 2.27. The number of phenols is 1. The van der Waals surface area contributed by atoms with Crippen LogP contribution >= 0.6 is 0 Å². The van der Waals surface area contributed by atoms with Gasteiger partial charge in [0.25, 0.3) is 0 Å². The van der Waals surface area contributed by atoms with Crippen molar-refractivity contribution in [2.45, 2.75) is 31.6 Å². The van der Waals surface area contributed by atoms with Crippen molar-refractivity contribution in [3.8, 4) is 5.75 Å². The SMILES string of the molecule is O=C(CCc1ccc(O)cc1)N1CCCC(c2cn[nH]c2)C1. The summed E-state index contributed by atoms with van der Waals surface area (Å²) in [6, 6.07) is 7.06. The second kappa shape index (κ2) is 6.64. The van der Waals surface area contributed by atoms with Gasteiger partial charge in [-0.3, -0.25) is 9.89 Å². The van der Waals surface area contributed by atoms with Crippen molar-refractivity contribution in [3.63, 3.8) is 0 Å². The van der Waals surface area contributed by atoms with Gasteiger partial charge in [0.15, 0.2) is 0 Å². The number of nitrogens with zero attached hydrogens (tertiary/aromatic N) is 2. The lowest BCUT2D eigenvalue weighted by molar-refractivity contribution is -0.132. The van der Waals surface area contributed by atoms with Crippen LogP contribution in [0, 0.1) is 0 Å². The molecule has 2 heterocycles. The molecule has 22 heavy (non-hydrogen) atoms. The maximum absolute atomic E-state index is 12.4. The first-order valence-electron chi connectivity index (χ1n) is 7.77. The number of aromatic hydroxyl groups is 1. The highest BCUT2D eigenvalue weighted by molar-refractivity contribution is 5.76. The Kier molecular flexibility index (Phi) is 4.42. The van der Waals surface area contributed by atoms with Crippen molar-refractivity contribution in [2.75, 3.05) is 13.1 Å². The van der Waals surface area contributed by atoms with Gasteiger partial charge in [0.05, 0.1) is 6.20 Å². The Morgan fingerprint density at radius 3 is 2.91 bits per heavy atom. The Morgan fingerprint density at radius 1 is 1.36 bits per heavy atom. The molecule has 2 N–H and O–H groups in total. The molecule has 0 spiro atoms. The van der Waals surface area contributed by atoms with Crippen LogP contribution in [0.15, 0.2) is 36.7 Å². The topological polar surface area (TPSA) is 69.2 Å². The molecule has 0 radical (unpaired) electrons. The minimum Gasteiger partial charge on any atom is -0.508 e. The molecule has 1 saturated heterocycles. The van der Waals surface area contributed by atoms with Crippen LogP contribution in [0.5, 0.6) is 5.75 Å². The third-order valence-electron chi connectivity index (χ3n) is 4.33. The molecule has 116 valence electrons. The highest BCUT2D eigenvalue weighted by atomic mass is 16.3. The molecule has 5 heteroatoms. The zero-order chi connectivity index (χ0) is 15.4. The minimum atomic E-state index is 0.210. The van der Waals surface area contributed by atoms with E-state index in [2.05, 4.69) is 10.2 Å². The Morgan fingerprint density at radius 2 is 2.18 bits per heavy atom. The van der Waals surface area contributed by atoms with Crippen molar-refractivity contribution >= 4 is 5.91 Å². The standard InChI is InChI=1S/C17H21N3O2/c21-16-6-3-13(4-7-16)5-8-17(22)20-9-1-2-14(12-20)15-10-18-19-11-15/h3-4,6-7,10-11,14,21H,1-2,5,8-9,12H2,(H,18,19). The van der Waals surface area contributed by atoms with Gasteiger partial charge >= 0.3 is 0 Å². The largest absolute Gasteiger partial charge is 0.508 e. The second-order valence-electron chi connectivity index (χ2n) is 5.88. The average Bonchev–Trinajstić information content (AvgIpc) is 3.09. The van der Waals surface area contributed by atoms with E-state index in [1.165, 1.54) is 5.56 Å². The first-order valence-corrected chi connectivity index (χ1v) is 7.77. The number of amides is 1. The van der Waals surface area contributed by atoms with Gasteiger partial charge in [-0.05, 0) is 42.5 Å². The first-order chi connectivity index (χ1) is 10.7. The Labute approximate surface area is 130 Å². The monoisotopic (exact) mass is 299 g/mol. The predicted octanol–water partition coefficient (Wildman–Crippen LogP) is 2.45. The number of aryl methyl sites for hydroxylation is 1. The Hall–Kier alpha value is -2.30. The third kappa shape index (κ3) is 3.47. The number of rotatable bonds is 4. The molecule has 1 fully saturated rings. The summed E-state index contributed by atoms with van der Waals surface area (Å²) in [5.74, 6) is 0.862. The van der Waals surface area contributed by atoms with Crippen LogP contribution in [0.3, 0.4) is 0 Å². The van der Waals surface area contributed by atoms with E-state index >= 15 is 0 Å². The van der Waals surface area contributed by atoms with Crippen LogP contribution in [0.4, 0.5) is 0 Å². The fourth-order valence-electron chi connectivity index (χ4n) is 3.03. The van der Waals surface area contributed by atoms with E-state index in [0.29, 0.717) is 18.8 Å². The van der Waals surface area contributed by atoms with E-state index in [4.69, 9.17) is 0 Å². The molecule has 1 unspecified atom stereocenters. The maximum atomic E-state index is 12.4. The summed E-state index contributed by atoms with van der Waals surface area (Å²) >= 11 is 0. The van der Waals surface area contributed by atoms with Gasteiger partial charge in [-0.2, -0.15) is 5.10 Å². The van der Waals surface area contributed by atoms with Crippen LogP contribution in [0.25, 0.3) is 0 Å². The third-order valence-corrected chi connectivity index (χ3v) is 4.33. The van der Waals surface area contributed by atoms with Crippen LogP contribution in [-0.2, 0) is 11.2 Å². The lowest BCUT2D eigenvalue weighted by atomic mass is 9.92. The minimum absolute atomic E-state index is 0.210. The molecule has 1 aromatic heterocycles. The molecule has 0 bridgehead atoms. The lowest BCUT2D eigenvalue weighted by Crippen LogP contribution is -2.39. The molecular weight excluding hydrogens is 278 g/mol. The van der Waals surface area contributed by atoms with E-state index < -0.39 is 0 Å². The van der Waals surface area contributed by atoms with Crippen LogP contribution in [-0.4, -0.2) is 39.2 Å². The van der Waals surface area contributed by atoms with Crippen LogP contribution in [0.1, 0.15) is 36.3 Å². The fourth-order valence-corrected chi connectivity index (χ4v) is 3.03. The highest BCUT2D eigenvalue weighted by Gasteiger charge is 2.24. The zero-order valence-electron chi connectivity index (χ0n) is 12.5. The number of hydrogen-bond donors (Lipinski definition) is 2. The number of nitrogens with one attached hydrogen (secondary N) is 1. The summed E-state index contributed by atoms with van der Waals surface area (Å²) in [6.07, 6.45) is 7.17. The van der Waals surface area contributed by atoms with Gasteiger partial charge in [0.2, 0.25) is 5.91 Å². The molecule has 5 nitrogen and oxygen atoms in total. The highest BCUT2D eigenvalue weighted by Crippen LogP contribution is 2.26. The molecule has 1 aromatic carbocycles. The van der Waals surface area contributed by atoms with E-state index in [1.54, 1.807) is 12.1 Å². The van der Waals surface area contributed by atoms with Gasteiger partial charge in [-0.1, -0.05) is 12.1 Å². The molecule has 2 aromatic rings. The van der Waals surface area contributed by atoms with E-state index in [-0.39, 0.29) is 11.7 Å². The number of aromatic amines is 1. The second-order valence-corrected chi connectivity index (χ2v) is 5.88. The number of phenolic OH excluding ortho intramolecular Hbond substituents is 1. The summed E-state index contributed by atoms with van der Waals surface area (Å²) in [6.45, 7) is 1.64. The van der Waals surface area contributed by atoms with Crippen molar-refractivity contribution in [1.29, 1.82) is 0 Å². The number of likely N-dealkylation sites (tertiary alicyclic amines) is 1. The van der Waals surface area contributed by atoms with Crippen molar-refractivity contribution in [1.82, 2.24) is 15.1 Å². The number of carbonyl (C=O) groups is 1. The maximum Gasteiger partial charge on any atom is 0.222 e. The van der Waals surface area contributed by atoms with Gasteiger partial charge < -0.3 is 10.0 Å². The zero-order valence-corrected chi connectivity index (χ0v) is 12.5. The quantitative estimate of drug-likeness (QED) is 0.911. The first kappa shape index (κ1) is 14.6. The molecule has 0 saturated carbocycles. The summed E-state index contributed by atoms with van der Waals surface area (Å²) < 4.78 is 0. The number of carbonyl (C=O) groups excluding carboxylic acids is 1. The van der Waals surface area contributed by atoms with Crippen molar-refractivity contribution in [2.24, 2.45) is 0 Å². The van der Waals surface area contributed by atoms with Gasteiger partial charge in [-0.25, -0.2) is 0 Å². The predicted molar refractivity (Wildman–Crippen MR) is 83.6 cm³/mol. The normalized spacial score (nSPS) is 18.4. The summed E-state index contributed by atoms with van der Waals surface area (Å²) in [5, 5.41) is 16.1. The number of benzene rings is 1. The number of hydrogen-bond acceptors (Lipinski definition) is 3. The molecule has 0 aliphatic carbocycles. The molecule has 1 aliphatic rings. The van der Waals surface area contributed by atoms with Gasteiger partial charge in [0.1, 0.15) is 5.75 Å². The fraction of sp³-hybridized carbons (Fsp3) is 0.412. The Bertz CT molecular complexity index is 607. The number of H-pyrrole nitrogens is 1. The number of aromatic nitrogens is 2. The molecule has 3 rings (SSSR count). The van der Waals surface area contributed by atoms with Gasteiger partial charge in [0, 0.05) is 31.6 Å². The lowest BCUT2D eigenvalue weighted by Gasteiger charge is -2.32. The summed E-state index contributed by atoms with van der Waals surface area (Å²) in [7, 11) is 0.